The van der Waals surface area contributed by atoms with Gasteiger partial charge in [-0.3, -0.25) is 9.78 Å². The van der Waals surface area contributed by atoms with E-state index in [1.54, 1.807) is 19.5 Å². The van der Waals surface area contributed by atoms with Gasteiger partial charge in [0.15, 0.2) is 0 Å². The number of rotatable bonds is 5. The smallest absolute Gasteiger partial charge is 0.227 e. The molecule has 0 saturated carbocycles. The number of aromatic nitrogens is 1. The highest BCUT2D eigenvalue weighted by molar-refractivity contribution is 5.81. The monoisotopic (exact) mass is 429 g/mol. The fourth-order valence-electron chi connectivity index (χ4n) is 5.10. The number of aliphatic hydroxyl groups is 1. The Morgan fingerprint density at radius 3 is 2.75 bits per heavy atom. The number of amides is 1. The van der Waals surface area contributed by atoms with Crippen molar-refractivity contribution in [2.45, 2.75) is 24.9 Å². The van der Waals surface area contributed by atoms with Gasteiger partial charge in [0.05, 0.1) is 32.2 Å². The maximum absolute atomic E-state index is 13.3. The zero-order valence-electron chi connectivity index (χ0n) is 18.1. The first-order valence-corrected chi connectivity index (χ1v) is 11.0. The second-order valence-corrected chi connectivity index (χ2v) is 8.48. The van der Waals surface area contributed by atoms with Crippen molar-refractivity contribution in [3.8, 4) is 16.9 Å². The molecule has 32 heavy (non-hydrogen) atoms. The number of pyridine rings is 1. The number of aliphatic hydroxyl groups excluding tert-OH is 1. The number of nitrogens with zero attached hydrogens (tertiary/aromatic N) is 2. The third kappa shape index (κ3) is 3.71. The van der Waals surface area contributed by atoms with Crippen LogP contribution in [-0.2, 0) is 11.2 Å². The number of carbonyl (C=O) groups is 1. The average molecular weight is 430 g/mol. The maximum Gasteiger partial charge on any atom is 0.227 e. The molecule has 6 heteroatoms. The number of fused-ring (bicyclic) bond motifs is 3. The second-order valence-electron chi connectivity index (χ2n) is 8.48. The van der Waals surface area contributed by atoms with E-state index < -0.39 is 0 Å². The summed E-state index contributed by atoms with van der Waals surface area (Å²) in [5.41, 5.74) is 5.22. The Morgan fingerprint density at radius 1 is 1.16 bits per heavy atom. The number of methoxy groups -OCH3 is 1. The van der Waals surface area contributed by atoms with E-state index in [0.717, 1.165) is 40.1 Å². The van der Waals surface area contributed by atoms with Crippen LogP contribution in [0.1, 0.15) is 23.6 Å². The van der Waals surface area contributed by atoms with Crippen LogP contribution < -0.4 is 10.1 Å². The van der Waals surface area contributed by atoms with Crippen LogP contribution in [0.15, 0.2) is 67.0 Å². The molecule has 1 fully saturated rings. The summed E-state index contributed by atoms with van der Waals surface area (Å²) < 4.78 is 5.39. The Labute approximate surface area is 187 Å². The minimum Gasteiger partial charge on any atom is -0.497 e. The molecule has 1 aromatic heterocycles. The van der Waals surface area contributed by atoms with Crippen LogP contribution in [0.4, 0.5) is 5.69 Å². The number of likely N-dealkylation sites (tertiary alicyclic amines) is 1. The van der Waals surface area contributed by atoms with Crippen LogP contribution in [0, 0.1) is 5.92 Å². The van der Waals surface area contributed by atoms with Crippen LogP contribution in [0.5, 0.6) is 5.75 Å². The van der Waals surface area contributed by atoms with Gasteiger partial charge in [-0.05, 0) is 65.1 Å². The van der Waals surface area contributed by atoms with Gasteiger partial charge in [-0.25, -0.2) is 0 Å². The average Bonchev–Trinajstić information content (AvgIpc) is 3.30. The van der Waals surface area contributed by atoms with Gasteiger partial charge in [-0.15, -0.1) is 0 Å². The van der Waals surface area contributed by atoms with Gasteiger partial charge in [0.2, 0.25) is 5.91 Å². The van der Waals surface area contributed by atoms with Crippen molar-refractivity contribution in [1.82, 2.24) is 9.88 Å². The molecule has 2 aliphatic heterocycles. The molecule has 3 aromatic rings. The van der Waals surface area contributed by atoms with Crippen LogP contribution >= 0.6 is 0 Å². The number of nitrogens with one attached hydrogen (secondary N) is 1. The van der Waals surface area contributed by atoms with E-state index in [-0.39, 0.29) is 30.5 Å². The minimum absolute atomic E-state index is 0.0463. The van der Waals surface area contributed by atoms with Crippen LogP contribution in [0.25, 0.3) is 11.1 Å². The van der Waals surface area contributed by atoms with Gasteiger partial charge >= 0.3 is 0 Å². The molecule has 3 atom stereocenters. The Kier molecular flexibility index (Phi) is 5.53. The van der Waals surface area contributed by atoms with Gasteiger partial charge < -0.3 is 20.1 Å². The Morgan fingerprint density at radius 2 is 1.97 bits per heavy atom. The van der Waals surface area contributed by atoms with Crippen molar-refractivity contribution in [2.24, 2.45) is 5.92 Å². The fraction of sp³-hybridized carbons (Fsp3) is 0.308. The van der Waals surface area contributed by atoms with E-state index in [2.05, 4.69) is 34.6 Å². The van der Waals surface area contributed by atoms with Crippen molar-refractivity contribution >= 4 is 11.6 Å². The Balaban J connectivity index is 1.51. The molecule has 2 aliphatic rings. The number of hydrogen-bond acceptors (Lipinski definition) is 5. The summed E-state index contributed by atoms with van der Waals surface area (Å²) in [6.45, 7) is 0.741. The van der Waals surface area contributed by atoms with Gasteiger partial charge in [-0.1, -0.05) is 18.2 Å². The van der Waals surface area contributed by atoms with Crippen LogP contribution in [0.3, 0.4) is 0 Å². The van der Waals surface area contributed by atoms with E-state index in [0.29, 0.717) is 13.0 Å². The summed E-state index contributed by atoms with van der Waals surface area (Å²) in [6.07, 6.45) is 4.66. The molecule has 0 radical (unpaired) electrons. The predicted molar refractivity (Wildman–Crippen MR) is 123 cm³/mol. The zero-order chi connectivity index (χ0) is 22.1. The lowest BCUT2D eigenvalue weighted by Crippen LogP contribution is -2.43. The summed E-state index contributed by atoms with van der Waals surface area (Å²) in [4.78, 5) is 19.4. The molecule has 1 saturated heterocycles. The summed E-state index contributed by atoms with van der Waals surface area (Å²) in [5, 5.41) is 13.5. The molecule has 3 heterocycles. The third-order valence-corrected chi connectivity index (χ3v) is 6.70. The fourth-order valence-corrected chi connectivity index (χ4v) is 5.10. The molecule has 0 aliphatic carbocycles. The lowest BCUT2D eigenvalue weighted by molar-refractivity contribution is -0.131. The standard InChI is InChI=1S/C26H27N3O3/c1-32-20-4-2-3-18(14-20)19-5-6-23-22(15-19)26-21(24(16-30)28-23)9-12-29(26)25(31)13-17-7-10-27-11-8-17/h2-8,10-11,14-15,21,24,26,28,30H,9,12-13,16H2,1H3/t21-,24+,26-/m1/s1. The van der Waals surface area contributed by atoms with Gasteiger partial charge in [-0.2, -0.15) is 0 Å². The molecule has 2 N–H and O–H groups in total. The van der Waals surface area contributed by atoms with Crippen LogP contribution in [-0.4, -0.2) is 47.2 Å². The summed E-state index contributed by atoms with van der Waals surface area (Å²) in [7, 11) is 1.67. The molecular weight excluding hydrogens is 402 g/mol. The largest absolute Gasteiger partial charge is 0.497 e. The Bertz CT molecular complexity index is 1120. The molecular formula is C26H27N3O3. The normalized spacial score (nSPS) is 21.4. The van der Waals surface area contributed by atoms with Crippen LogP contribution in [0.2, 0.25) is 0 Å². The maximum atomic E-state index is 13.3. The van der Waals surface area contributed by atoms with Gasteiger partial charge in [0, 0.05) is 30.5 Å². The number of anilines is 1. The topological polar surface area (TPSA) is 74.7 Å². The molecule has 1 amide bonds. The van der Waals surface area contributed by atoms with Gasteiger partial charge in [0.25, 0.3) is 0 Å². The predicted octanol–water partition coefficient (Wildman–Crippen LogP) is 3.68. The third-order valence-electron chi connectivity index (χ3n) is 6.70. The number of benzene rings is 2. The molecule has 0 spiro atoms. The molecule has 5 rings (SSSR count). The van der Waals surface area contributed by atoms with Crippen molar-refractivity contribution in [3.63, 3.8) is 0 Å². The van der Waals surface area contributed by atoms with Crippen molar-refractivity contribution in [1.29, 1.82) is 0 Å². The highest BCUT2D eigenvalue weighted by Gasteiger charge is 2.45. The summed E-state index contributed by atoms with van der Waals surface area (Å²) >= 11 is 0. The van der Waals surface area contributed by atoms with Crippen molar-refractivity contribution < 1.29 is 14.6 Å². The van der Waals surface area contributed by atoms with E-state index in [4.69, 9.17) is 4.74 Å². The number of carbonyl (C=O) groups excluding carboxylic acids is 1. The van der Waals surface area contributed by atoms with E-state index >= 15 is 0 Å². The SMILES string of the molecule is COc1cccc(-c2ccc3c(c2)[C@H]2[C@H](CCN2C(=O)Cc2ccncc2)[C@H](CO)N3)c1. The van der Waals surface area contributed by atoms with E-state index in [1.165, 1.54) is 0 Å². The second kappa shape index (κ2) is 8.63. The van der Waals surface area contributed by atoms with Crippen molar-refractivity contribution in [3.05, 3.63) is 78.1 Å². The lowest BCUT2D eigenvalue weighted by atomic mass is 9.82. The lowest BCUT2D eigenvalue weighted by Gasteiger charge is -2.39. The first-order valence-electron chi connectivity index (χ1n) is 11.0. The van der Waals surface area contributed by atoms with E-state index in [9.17, 15) is 9.90 Å². The summed E-state index contributed by atoms with van der Waals surface area (Å²) in [6, 6.07) is 18.0. The molecule has 164 valence electrons. The van der Waals surface area contributed by atoms with Gasteiger partial charge in [0.1, 0.15) is 5.75 Å². The molecule has 0 unspecified atom stereocenters. The molecule has 6 nitrogen and oxygen atoms in total. The quantitative estimate of drug-likeness (QED) is 0.647. The molecule has 2 aromatic carbocycles. The Hall–Kier alpha value is -3.38. The summed E-state index contributed by atoms with van der Waals surface area (Å²) in [5.74, 6) is 1.10. The molecule has 0 bridgehead atoms. The number of ether oxygens (including phenoxy) is 1. The first-order chi connectivity index (χ1) is 15.7. The zero-order valence-corrected chi connectivity index (χ0v) is 18.1. The van der Waals surface area contributed by atoms with E-state index in [1.807, 2.05) is 35.2 Å². The first kappa shape index (κ1) is 20.5. The highest BCUT2D eigenvalue weighted by atomic mass is 16.5. The van der Waals surface area contributed by atoms with Crippen molar-refractivity contribution in [2.75, 3.05) is 25.6 Å². The number of hydrogen-bond donors (Lipinski definition) is 2. The highest BCUT2D eigenvalue weighted by Crippen LogP contribution is 2.47. The minimum atomic E-state index is -0.0612.